The maximum absolute atomic E-state index is 12.9. The van der Waals surface area contributed by atoms with E-state index in [9.17, 15) is 4.79 Å². The molecule has 0 saturated carbocycles. The third-order valence-corrected chi connectivity index (χ3v) is 5.47. The molecule has 0 aliphatic carbocycles. The van der Waals surface area contributed by atoms with Gasteiger partial charge in [-0.15, -0.1) is 10.2 Å². The summed E-state index contributed by atoms with van der Waals surface area (Å²) in [6, 6.07) is 20.9. The van der Waals surface area contributed by atoms with Gasteiger partial charge in [0.15, 0.2) is 23.1 Å². The Hall–Kier alpha value is -4.27. The molecule has 33 heavy (non-hydrogen) atoms. The second-order valence-corrected chi connectivity index (χ2v) is 7.79. The molecule has 4 heterocycles. The van der Waals surface area contributed by atoms with Crippen LogP contribution in [-0.4, -0.2) is 57.3 Å². The molecular weight excluding hydrogens is 418 g/mol. The van der Waals surface area contributed by atoms with Crippen molar-refractivity contribution in [3.05, 3.63) is 78.1 Å². The Morgan fingerprint density at radius 2 is 1.73 bits per heavy atom. The predicted molar refractivity (Wildman–Crippen MR) is 124 cm³/mol. The maximum atomic E-state index is 12.9. The molecule has 1 amide bonds. The van der Waals surface area contributed by atoms with E-state index in [1.165, 1.54) is 0 Å². The van der Waals surface area contributed by atoms with Gasteiger partial charge < -0.3 is 19.6 Å². The summed E-state index contributed by atoms with van der Waals surface area (Å²) in [6.45, 7) is 4.41. The summed E-state index contributed by atoms with van der Waals surface area (Å²) in [4.78, 5) is 21.2. The highest BCUT2D eigenvalue weighted by atomic mass is 16.5. The molecule has 3 aromatic heterocycles. The molecule has 0 unspecified atom stereocenters. The molecule has 5 rings (SSSR count). The van der Waals surface area contributed by atoms with Crippen molar-refractivity contribution in [3.63, 3.8) is 0 Å². The van der Waals surface area contributed by atoms with E-state index in [1.807, 2.05) is 67.6 Å². The number of amides is 1. The Bertz CT molecular complexity index is 1230. The minimum Gasteiger partial charge on any atom is -0.355 e. The second kappa shape index (κ2) is 9.07. The molecule has 1 aliphatic heterocycles. The highest BCUT2D eigenvalue weighted by Gasteiger charge is 2.25. The number of hydrogen-bond acceptors (Lipinski definition) is 8. The van der Waals surface area contributed by atoms with Crippen LogP contribution in [0.25, 0.3) is 11.3 Å². The van der Waals surface area contributed by atoms with E-state index in [4.69, 9.17) is 4.52 Å². The van der Waals surface area contributed by atoms with Crippen LogP contribution in [0, 0.1) is 6.92 Å². The summed E-state index contributed by atoms with van der Waals surface area (Å²) in [5.41, 5.74) is 2.14. The van der Waals surface area contributed by atoms with Gasteiger partial charge in [0.25, 0.3) is 5.91 Å². The third-order valence-electron chi connectivity index (χ3n) is 5.47. The van der Waals surface area contributed by atoms with E-state index in [-0.39, 0.29) is 5.91 Å². The Balaban J connectivity index is 1.18. The molecule has 9 nitrogen and oxygen atoms in total. The fraction of sp³-hybridized carbons (Fsp3) is 0.208. The molecule has 1 saturated heterocycles. The van der Waals surface area contributed by atoms with Gasteiger partial charge in [0.1, 0.15) is 5.82 Å². The van der Waals surface area contributed by atoms with Crippen molar-refractivity contribution in [2.24, 2.45) is 0 Å². The van der Waals surface area contributed by atoms with E-state index >= 15 is 0 Å². The Labute approximate surface area is 191 Å². The minimum absolute atomic E-state index is 0.128. The van der Waals surface area contributed by atoms with E-state index in [0.29, 0.717) is 43.5 Å². The van der Waals surface area contributed by atoms with Crippen LogP contribution in [0.4, 0.5) is 17.5 Å². The quantitative estimate of drug-likeness (QED) is 0.502. The SMILES string of the molecule is Cc1cccc(Nc2ccc(N3CCN(C(=O)c4cc(-c5ccccc5)on4)CC3)nn2)n1. The van der Waals surface area contributed by atoms with Crippen molar-refractivity contribution in [1.82, 2.24) is 25.2 Å². The van der Waals surface area contributed by atoms with Crippen LogP contribution >= 0.6 is 0 Å². The van der Waals surface area contributed by atoms with Crippen LogP contribution in [-0.2, 0) is 0 Å². The van der Waals surface area contributed by atoms with Crippen molar-refractivity contribution < 1.29 is 9.32 Å². The molecule has 1 aliphatic rings. The van der Waals surface area contributed by atoms with Gasteiger partial charge in [-0.25, -0.2) is 4.98 Å². The molecular formula is C24H23N7O2. The van der Waals surface area contributed by atoms with Gasteiger partial charge in [-0.1, -0.05) is 41.6 Å². The maximum Gasteiger partial charge on any atom is 0.276 e. The fourth-order valence-electron chi connectivity index (χ4n) is 3.72. The molecule has 1 aromatic carbocycles. The molecule has 0 bridgehead atoms. The van der Waals surface area contributed by atoms with Crippen molar-refractivity contribution in [1.29, 1.82) is 0 Å². The van der Waals surface area contributed by atoms with E-state index in [2.05, 4.69) is 30.6 Å². The van der Waals surface area contributed by atoms with Gasteiger partial charge in [0.2, 0.25) is 0 Å². The van der Waals surface area contributed by atoms with Gasteiger partial charge in [-0.05, 0) is 31.2 Å². The second-order valence-electron chi connectivity index (χ2n) is 7.79. The lowest BCUT2D eigenvalue weighted by Gasteiger charge is -2.34. The van der Waals surface area contributed by atoms with Crippen LogP contribution in [0.15, 0.2) is 71.3 Å². The summed E-state index contributed by atoms with van der Waals surface area (Å²) in [6.07, 6.45) is 0. The lowest BCUT2D eigenvalue weighted by atomic mass is 10.1. The number of pyridine rings is 1. The van der Waals surface area contributed by atoms with Crippen LogP contribution in [0.1, 0.15) is 16.2 Å². The number of hydrogen-bond donors (Lipinski definition) is 1. The number of carbonyl (C=O) groups excluding carboxylic acids is 1. The van der Waals surface area contributed by atoms with Gasteiger partial charge in [0.05, 0.1) is 0 Å². The number of benzene rings is 1. The van der Waals surface area contributed by atoms with Gasteiger partial charge in [-0.2, -0.15) is 0 Å². The monoisotopic (exact) mass is 441 g/mol. The average molecular weight is 441 g/mol. The summed E-state index contributed by atoms with van der Waals surface area (Å²) in [5.74, 6) is 2.59. The first-order valence-electron chi connectivity index (χ1n) is 10.8. The van der Waals surface area contributed by atoms with Crippen molar-refractivity contribution in [2.45, 2.75) is 6.92 Å². The molecule has 1 fully saturated rings. The Kier molecular flexibility index (Phi) is 5.67. The summed E-state index contributed by atoms with van der Waals surface area (Å²) >= 11 is 0. The first-order valence-corrected chi connectivity index (χ1v) is 10.8. The largest absolute Gasteiger partial charge is 0.355 e. The number of piperazine rings is 1. The Morgan fingerprint density at radius 1 is 0.909 bits per heavy atom. The average Bonchev–Trinajstić information content (AvgIpc) is 3.35. The molecule has 0 radical (unpaired) electrons. The number of anilines is 3. The zero-order chi connectivity index (χ0) is 22.6. The number of aryl methyl sites for hydroxylation is 1. The number of carbonyl (C=O) groups is 1. The summed E-state index contributed by atoms with van der Waals surface area (Å²) in [5, 5.41) is 15.7. The van der Waals surface area contributed by atoms with E-state index < -0.39 is 0 Å². The highest BCUT2D eigenvalue weighted by Crippen LogP contribution is 2.22. The van der Waals surface area contributed by atoms with Gasteiger partial charge >= 0.3 is 0 Å². The molecule has 0 spiro atoms. The summed E-state index contributed by atoms with van der Waals surface area (Å²) in [7, 11) is 0. The first kappa shape index (κ1) is 20.6. The Morgan fingerprint density at radius 3 is 2.45 bits per heavy atom. The van der Waals surface area contributed by atoms with Gasteiger partial charge in [-0.3, -0.25) is 4.79 Å². The minimum atomic E-state index is -0.128. The molecule has 1 N–H and O–H groups in total. The smallest absolute Gasteiger partial charge is 0.276 e. The van der Waals surface area contributed by atoms with Crippen molar-refractivity contribution in [2.75, 3.05) is 36.4 Å². The normalized spacial score (nSPS) is 13.7. The van der Waals surface area contributed by atoms with Crippen molar-refractivity contribution in [3.8, 4) is 11.3 Å². The number of nitrogens with zero attached hydrogens (tertiary/aromatic N) is 6. The van der Waals surface area contributed by atoms with E-state index in [0.717, 1.165) is 22.9 Å². The first-order chi connectivity index (χ1) is 16.2. The fourth-order valence-corrected chi connectivity index (χ4v) is 3.72. The zero-order valence-corrected chi connectivity index (χ0v) is 18.2. The number of nitrogens with one attached hydrogen (secondary N) is 1. The van der Waals surface area contributed by atoms with Crippen molar-refractivity contribution >= 4 is 23.4 Å². The topological polar surface area (TPSA) is 100 Å². The lowest BCUT2D eigenvalue weighted by molar-refractivity contribution is 0.0736. The van der Waals surface area contributed by atoms with Crippen LogP contribution in [0.5, 0.6) is 0 Å². The third kappa shape index (κ3) is 4.67. The molecule has 166 valence electrons. The van der Waals surface area contributed by atoms with Crippen LogP contribution in [0.3, 0.4) is 0 Å². The highest BCUT2D eigenvalue weighted by molar-refractivity contribution is 5.93. The van der Waals surface area contributed by atoms with E-state index in [1.54, 1.807) is 11.0 Å². The van der Waals surface area contributed by atoms with Crippen LogP contribution in [0.2, 0.25) is 0 Å². The predicted octanol–water partition coefficient (Wildman–Crippen LogP) is 3.54. The lowest BCUT2D eigenvalue weighted by Crippen LogP contribution is -2.49. The van der Waals surface area contributed by atoms with Crippen LogP contribution < -0.4 is 10.2 Å². The number of rotatable bonds is 5. The summed E-state index contributed by atoms with van der Waals surface area (Å²) < 4.78 is 5.38. The number of aromatic nitrogens is 4. The molecule has 4 aromatic rings. The molecule has 9 heteroatoms. The zero-order valence-electron chi connectivity index (χ0n) is 18.2. The standard InChI is InChI=1S/C24H23N7O2/c1-17-6-5-9-21(25-17)26-22-10-11-23(28-27-22)30-12-14-31(15-13-30)24(32)19-16-20(33-29-19)18-7-3-2-4-8-18/h2-11,16H,12-15H2,1H3,(H,25,26,27). The van der Waals surface area contributed by atoms with Gasteiger partial charge in [0, 0.05) is 43.5 Å². The molecule has 0 atom stereocenters.